The molecule has 6 heteroatoms. The molecule has 0 spiro atoms. The van der Waals surface area contributed by atoms with Crippen LogP contribution in [0.3, 0.4) is 0 Å². The van der Waals surface area contributed by atoms with E-state index in [0.717, 1.165) is 0 Å². The fraction of sp³-hybridized carbons (Fsp3) is 0.0769. The first-order valence-electron chi connectivity index (χ1n) is 5.47. The van der Waals surface area contributed by atoms with Crippen molar-refractivity contribution >= 4 is 11.6 Å². The summed E-state index contributed by atoms with van der Waals surface area (Å²) in [6, 6.07) is 8.31. The number of carbonyl (C=O) groups excluding carboxylic acids is 1. The molecule has 1 aromatic heterocycles. The Morgan fingerprint density at radius 2 is 2.05 bits per heavy atom. The lowest BCUT2D eigenvalue weighted by Gasteiger charge is -2.04. The van der Waals surface area contributed by atoms with E-state index < -0.39 is 11.5 Å². The molecule has 19 heavy (non-hydrogen) atoms. The topological polar surface area (TPSA) is 98.6 Å². The van der Waals surface area contributed by atoms with Crippen molar-refractivity contribution in [2.45, 2.75) is 6.92 Å². The van der Waals surface area contributed by atoms with Crippen molar-refractivity contribution in [3.05, 3.63) is 57.8 Å². The summed E-state index contributed by atoms with van der Waals surface area (Å²) in [5.74, 6) is -0.0987. The fourth-order valence-corrected chi connectivity index (χ4v) is 1.47. The lowest BCUT2D eigenvalue weighted by atomic mass is 10.2. The molecule has 1 amide bonds. The number of H-pyrrole nitrogens is 1. The number of hydrogen-bond donors (Lipinski definition) is 2. The molecular weight excluding hydrogens is 244 g/mol. The maximum absolute atomic E-state index is 11.9. The second-order valence-electron chi connectivity index (χ2n) is 3.85. The van der Waals surface area contributed by atoms with Gasteiger partial charge in [-0.15, -0.1) is 0 Å². The second-order valence-corrected chi connectivity index (χ2v) is 3.85. The average Bonchev–Trinajstić information content (AvgIpc) is 2.39. The Balaban J connectivity index is 2.21. The quantitative estimate of drug-likeness (QED) is 0.841. The summed E-state index contributed by atoms with van der Waals surface area (Å²) in [6.07, 6.45) is 1.23. The molecule has 1 heterocycles. The number of rotatable bonds is 2. The number of aromatic nitrogens is 2. The summed E-state index contributed by atoms with van der Waals surface area (Å²) >= 11 is 0. The molecule has 0 aliphatic rings. The van der Waals surface area contributed by atoms with Crippen molar-refractivity contribution in [2.75, 3.05) is 5.32 Å². The highest BCUT2D eigenvalue weighted by Gasteiger charge is 2.11. The van der Waals surface area contributed by atoms with Crippen molar-refractivity contribution < 1.29 is 4.79 Å². The van der Waals surface area contributed by atoms with Crippen LogP contribution in [-0.2, 0) is 0 Å². The van der Waals surface area contributed by atoms with Gasteiger partial charge in [-0.2, -0.15) is 5.26 Å². The zero-order valence-corrected chi connectivity index (χ0v) is 10.1. The van der Waals surface area contributed by atoms with Crippen LogP contribution in [0, 0.1) is 18.3 Å². The molecule has 2 aromatic rings. The Bertz CT molecular complexity index is 711. The average molecular weight is 254 g/mol. The number of nitriles is 1. The van der Waals surface area contributed by atoms with E-state index in [2.05, 4.69) is 15.3 Å². The number of nitrogens with zero attached hydrogens (tertiary/aromatic N) is 2. The Labute approximate surface area is 108 Å². The molecule has 2 N–H and O–H groups in total. The SMILES string of the molecule is Cc1ncc(C(=O)Nc2ccc(C#N)cc2)c(=O)[nH]1. The van der Waals surface area contributed by atoms with Gasteiger partial charge in [-0.05, 0) is 31.2 Å². The molecule has 2 rings (SSSR count). The molecule has 0 atom stereocenters. The molecule has 0 saturated carbocycles. The first-order valence-corrected chi connectivity index (χ1v) is 5.47. The van der Waals surface area contributed by atoms with Crippen LogP contribution >= 0.6 is 0 Å². The third kappa shape index (κ3) is 2.84. The van der Waals surface area contributed by atoms with Gasteiger partial charge in [0.15, 0.2) is 0 Å². The first kappa shape index (κ1) is 12.5. The van der Waals surface area contributed by atoms with Gasteiger partial charge in [0.05, 0.1) is 11.6 Å². The number of anilines is 1. The summed E-state index contributed by atoms with van der Waals surface area (Å²) < 4.78 is 0. The van der Waals surface area contributed by atoms with Gasteiger partial charge < -0.3 is 10.3 Å². The van der Waals surface area contributed by atoms with Gasteiger partial charge in [0, 0.05) is 11.9 Å². The summed E-state index contributed by atoms with van der Waals surface area (Å²) in [5.41, 5.74) is 0.449. The Hall–Kier alpha value is -2.94. The van der Waals surface area contributed by atoms with Gasteiger partial charge in [0.2, 0.25) is 0 Å². The summed E-state index contributed by atoms with van der Waals surface area (Å²) in [7, 11) is 0. The van der Waals surface area contributed by atoms with Crippen LogP contribution in [-0.4, -0.2) is 15.9 Å². The van der Waals surface area contributed by atoms with E-state index in [1.165, 1.54) is 6.20 Å². The minimum absolute atomic E-state index is 0.0602. The lowest BCUT2D eigenvalue weighted by Crippen LogP contribution is -2.24. The molecular formula is C13H10N4O2. The van der Waals surface area contributed by atoms with Gasteiger partial charge in [0.1, 0.15) is 11.4 Å². The van der Waals surface area contributed by atoms with Gasteiger partial charge >= 0.3 is 0 Å². The summed E-state index contributed by atoms with van der Waals surface area (Å²) in [5, 5.41) is 11.2. The predicted octanol–water partition coefficient (Wildman–Crippen LogP) is 1.20. The normalized spacial score (nSPS) is 9.68. The van der Waals surface area contributed by atoms with Gasteiger partial charge in [-0.3, -0.25) is 9.59 Å². The molecule has 0 unspecified atom stereocenters. The Kier molecular flexibility index (Phi) is 3.39. The van der Waals surface area contributed by atoms with Crippen molar-refractivity contribution in [1.82, 2.24) is 9.97 Å². The number of aryl methyl sites for hydroxylation is 1. The highest BCUT2D eigenvalue weighted by atomic mass is 16.2. The summed E-state index contributed by atoms with van der Waals surface area (Å²) in [6.45, 7) is 1.63. The zero-order chi connectivity index (χ0) is 13.8. The zero-order valence-electron chi connectivity index (χ0n) is 10.1. The number of amides is 1. The van der Waals surface area contributed by atoms with E-state index in [1.54, 1.807) is 31.2 Å². The second kappa shape index (κ2) is 5.14. The predicted molar refractivity (Wildman–Crippen MR) is 68.7 cm³/mol. The Morgan fingerprint density at radius 1 is 1.37 bits per heavy atom. The first-order chi connectivity index (χ1) is 9.10. The molecule has 0 fully saturated rings. The Morgan fingerprint density at radius 3 is 2.63 bits per heavy atom. The monoisotopic (exact) mass is 254 g/mol. The highest BCUT2D eigenvalue weighted by molar-refractivity contribution is 6.03. The fourth-order valence-electron chi connectivity index (χ4n) is 1.47. The van der Waals surface area contributed by atoms with Crippen molar-refractivity contribution in [2.24, 2.45) is 0 Å². The number of nitrogens with one attached hydrogen (secondary N) is 2. The smallest absolute Gasteiger partial charge is 0.263 e. The number of carbonyl (C=O) groups is 1. The maximum atomic E-state index is 11.9. The maximum Gasteiger partial charge on any atom is 0.263 e. The molecule has 0 radical (unpaired) electrons. The van der Waals surface area contributed by atoms with Gasteiger partial charge in [-0.25, -0.2) is 4.98 Å². The third-order valence-corrected chi connectivity index (χ3v) is 2.44. The standard InChI is InChI=1S/C13H10N4O2/c1-8-15-7-11(12(18)16-8)13(19)17-10-4-2-9(6-14)3-5-10/h2-5,7H,1H3,(H,17,19)(H,15,16,18). The van der Waals surface area contributed by atoms with Crippen LogP contribution in [0.4, 0.5) is 5.69 Å². The molecule has 0 aliphatic heterocycles. The van der Waals surface area contributed by atoms with Crippen LogP contribution < -0.4 is 10.9 Å². The van der Waals surface area contributed by atoms with Crippen LogP contribution in [0.1, 0.15) is 21.7 Å². The van der Waals surface area contributed by atoms with E-state index in [4.69, 9.17) is 5.26 Å². The van der Waals surface area contributed by atoms with E-state index >= 15 is 0 Å². The molecule has 0 bridgehead atoms. The van der Waals surface area contributed by atoms with Crippen LogP contribution in [0.15, 0.2) is 35.3 Å². The molecule has 94 valence electrons. The minimum atomic E-state index is -0.543. The van der Waals surface area contributed by atoms with Crippen LogP contribution in [0.25, 0.3) is 0 Å². The van der Waals surface area contributed by atoms with E-state index in [9.17, 15) is 9.59 Å². The number of aromatic amines is 1. The summed E-state index contributed by atoms with van der Waals surface area (Å²) in [4.78, 5) is 29.8. The largest absolute Gasteiger partial charge is 0.322 e. The van der Waals surface area contributed by atoms with E-state index in [0.29, 0.717) is 17.1 Å². The lowest BCUT2D eigenvalue weighted by molar-refractivity contribution is 0.102. The van der Waals surface area contributed by atoms with Crippen LogP contribution in [0.5, 0.6) is 0 Å². The van der Waals surface area contributed by atoms with Gasteiger partial charge in [0.25, 0.3) is 11.5 Å². The number of benzene rings is 1. The minimum Gasteiger partial charge on any atom is -0.322 e. The third-order valence-electron chi connectivity index (χ3n) is 2.44. The molecule has 1 aromatic carbocycles. The van der Waals surface area contributed by atoms with E-state index in [1.807, 2.05) is 6.07 Å². The van der Waals surface area contributed by atoms with Crippen LogP contribution in [0.2, 0.25) is 0 Å². The number of hydrogen-bond acceptors (Lipinski definition) is 4. The van der Waals surface area contributed by atoms with E-state index in [-0.39, 0.29) is 5.56 Å². The van der Waals surface area contributed by atoms with Crippen molar-refractivity contribution in [3.8, 4) is 6.07 Å². The van der Waals surface area contributed by atoms with Crippen molar-refractivity contribution in [1.29, 1.82) is 5.26 Å². The van der Waals surface area contributed by atoms with Crippen molar-refractivity contribution in [3.63, 3.8) is 0 Å². The molecule has 6 nitrogen and oxygen atoms in total. The van der Waals surface area contributed by atoms with Gasteiger partial charge in [-0.1, -0.05) is 0 Å². The molecule has 0 saturated heterocycles. The molecule has 0 aliphatic carbocycles. The highest BCUT2D eigenvalue weighted by Crippen LogP contribution is 2.09.